The van der Waals surface area contributed by atoms with Crippen molar-refractivity contribution >= 4 is 16.6 Å². The molecule has 0 saturated carbocycles. The fourth-order valence-corrected chi connectivity index (χ4v) is 3.84. The Labute approximate surface area is 165 Å². The molecule has 0 spiro atoms. The van der Waals surface area contributed by atoms with E-state index in [1.165, 1.54) is 6.07 Å². The minimum Gasteiger partial charge on any atom is -0.390 e. The van der Waals surface area contributed by atoms with Crippen LogP contribution in [0.5, 0.6) is 0 Å². The maximum atomic E-state index is 11.3. The van der Waals surface area contributed by atoms with Gasteiger partial charge in [0.15, 0.2) is 0 Å². The Kier molecular flexibility index (Phi) is 6.11. The molecule has 0 unspecified atom stereocenters. The van der Waals surface area contributed by atoms with Crippen LogP contribution < -0.4 is 0 Å². The second-order valence-corrected chi connectivity index (χ2v) is 7.04. The van der Waals surface area contributed by atoms with Gasteiger partial charge in [0.1, 0.15) is 0 Å². The number of hydrogen-bond donors (Lipinski definition) is 1. The van der Waals surface area contributed by atoms with Gasteiger partial charge in [-0.15, -0.1) is 0 Å². The molecule has 0 fully saturated rings. The van der Waals surface area contributed by atoms with Gasteiger partial charge in [-0.1, -0.05) is 44.2 Å². The van der Waals surface area contributed by atoms with Crippen molar-refractivity contribution in [2.24, 2.45) is 0 Å². The Hall–Kier alpha value is -2.70. The van der Waals surface area contributed by atoms with Gasteiger partial charge < -0.3 is 14.6 Å². The molecule has 1 N–H and O–H groups in total. The third kappa shape index (κ3) is 3.93. The van der Waals surface area contributed by atoms with Crippen molar-refractivity contribution in [3.05, 3.63) is 64.3 Å². The molecule has 0 aliphatic carbocycles. The van der Waals surface area contributed by atoms with Crippen molar-refractivity contribution in [3.63, 3.8) is 0 Å². The Bertz CT molecular complexity index is 962. The molecule has 6 heteroatoms. The number of benzene rings is 2. The van der Waals surface area contributed by atoms with Crippen LogP contribution in [0.25, 0.3) is 22.0 Å². The minimum absolute atomic E-state index is 0.0746. The summed E-state index contributed by atoms with van der Waals surface area (Å²) in [6.07, 6.45) is -0.520. The number of likely N-dealkylation sites (N-methyl/N-ethyl adjacent to an activating group) is 1. The minimum atomic E-state index is -0.520. The Morgan fingerprint density at radius 2 is 1.82 bits per heavy atom. The van der Waals surface area contributed by atoms with Gasteiger partial charge in [0, 0.05) is 40.8 Å². The summed E-state index contributed by atoms with van der Waals surface area (Å²) >= 11 is 0. The van der Waals surface area contributed by atoms with E-state index in [1.807, 2.05) is 37.3 Å². The lowest BCUT2D eigenvalue weighted by Gasteiger charge is -2.23. The molecule has 148 valence electrons. The maximum absolute atomic E-state index is 11.3. The van der Waals surface area contributed by atoms with E-state index < -0.39 is 6.10 Å². The molecule has 0 aliphatic heterocycles. The molecule has 1 aromatic heterocycles. The van der Waals surface area contributed by atoms with Crippen LogP contribution in [0, 0.1) is 17.0 Å². The van der Waals surface area contributed by atoms with E-state index in [2.05, 4.69) is 23.3 Å². The molecule has 2 aromatic carbocycles. The number of non-ortho nitro benzene ring substituents is 1. The van der Waals surface area contributed by atoms with Crippen molar-refractivity contribution in [2.75, 3.05) is 19.6 Å². The number of aliphatic hydroxyl groups is 1. The normalized spacial score (nSPS) is 12.6. The predicted octanol–water partition coefficient (Wildman–Crippen LogP) is 4.23. The zero-order valence-electron chi connectivity index (χ0n) is 16.6. The number of nitro groups is 1. The number of rotatable bonds is 8. The molecule has 6 nitrogen and oxygen atoms in total. The average molecular weight is 381 g/mol. The van der Waals surface area contributed by atoms with E-state index in [0.29, 0.717) is 13.1 Å². The lowest BCUT2D eigenvalue weighted by molar-refractivity contribution is -0.384. The van der Waals surface area contributed by atoms with Crippen LogP contribution in [0.15, 0.2) is 48.5 Å². The van der Waals surface area contributed by atoms with E-state index in [0.717, 1.165) is 40.8 Å². The fourth-order valence-electron chi connectivity index (χ4n) is 3.84. The predicted molar refractivity (Wildman–Crippen MR) is 113 cm³/mol. The summed E-state index contributed by atoms with van der Waals surface area (Å²) in [6, 6.07) is 14.9. The molecular weight excluding hydrogens is 354 g/mol. The second-order valence-electron chi connectivity index (χ2n) is 7.04. The molecule has 3 aromatic rings. The van der Waals surface area contributed by atoms with Crippen molar-refractivity contribution < 1.29 is 10.0 Å². The first-order chi connectivity index (χ1) is 13.5. The van der Waals surface area contributed by atoms with Gasteiger partial charge >= 0.3 is 0 Å². The average Bonchev–Trinajstić information content (AvgIpc) is 2.97. The van der Waals surface area contributed by atoms with Crippen LogP contribution in [0.4, 0.5) is 5.69 Å². The maximum Gasteiger partial charge on any atom is 0.270 e. The SMILES string of the molecule is CCN(CC)C[C@H](O)Cn1c(C)c(-c2ccccc2)c2cc([N+](=O)[O-])ccc21. The van der Waals surface area contributed by atoms with Gasteiger partial charge in [-0.05, 0) is 31.6 Å². The number of nitrogens with zero attached hydrogens (tertiary/aromatic N) is 3. The number of hydrogen-bond acceptors (Lipinski definition) is 4. The first-order valence-corrected chi connectivity index (χ1v) is 9.69. The summed E-state index contributed by atoms with van der Waals surface area (Å²) in [5.74, 6) is 0. The summed E-state index contributed by atoms with van der Waals surface area (Å²) in [6.45, 7) is 9.00. The quantitative estimate of drug-likeness (QED) is 0.468. The number of aromatic nitrogens is 1. The van der Waals surface area contributed by atoms with Crippen molar-refractivity contribution in [1.29, 1.82) is 0 Å². The van der Waals surface area contributed by atoms with Crippen LogP contribution >= 0.6 is 0 Å². The van der Waals surface area contributed by atoms with Crippen LogP contribution in [-0.4, -0.2) is 45.2 Å². The molecular formula is C22H27N3O3. The van der Waals surface area contributed by atoms with Crippen LogP contribution in [0.1, 0.15) is 19.5 Å². The number of fused-ring (bicyclic) bond motifs is 1. The van der Waals surface area contributed by atoms with Gasteiger partial charge in [-0.2, -0.15) is 0 Å². The van der Waals surface area contributed by atoms with Gasteiger partial charge in [0.25, 0.3) is 5.69 Å². The van der Waals surface area contributed by atoms with E-state index in [-0.39, 0.29) is 10.6 Å². The van der Waals surface area contributed by atoms with E-state index in [9.17, 15) is 15.2 Å². The molecule has 1 atom stereocenters. The van der Waals surface area contributed by atoms with Gasteiger partial charge in [0.05, 0.1) is 17.6 Å². The monoisotopic (exact) mass is 381 g/mol. The summed E-state index contributed by atoms with van der Waals surface area (Å²) < 4.78 is 2.08. The van der Waals surface area contributed by atoms with E-state index >= 15 is 0 Å². The number of aliphatic hydroxyl groups excluding tert-OH is 1. The smallest absolute Gasteiger partial charge is 0.270 e. The van der Waals surface area contributed by atoms with Crippen molar-refractivity contribution in [1.82, 2.24) is 9.47 Å². The number of nitro benzene ring substituents is 1. The van der Waals surface area contributed by atoms with Crippen LogP contribution in [0.3, 0.4) is 0 Å². The summed E-state index contributed by atoms with van der Waals surface area (Å²) in [7, 11) is 0. The third-order valence-electron chi connectivity index (χ3n) is 5.34. The van der Waals surface area contributed by atoms with Gasteiger partial charge in [-0.3, -0.25) is 10.1 Å². The topological polar surface area (TPSA) is 71.5 Å². The zero-order valence-corrected chi connectivity index (χ0v) is 16.6. The van der Waals surface area contributed by atoms with Gasteiger partial charge in [0.2, 0.25) is 0 Å². The zero-order chi connectivity index (χ0) is 20.3. The van der Waals surface area contributed by atoms with E-state index in [4.69, 9.17) is 0 Å². The summed E-state index contributed by atoms with van der Waals surface area (Å²) in [5, 5.41) is 22.8. The van der Waals surface area contributed by atoms with Crippen LogP contribution in [-0.2, 0) is 6.54 Å². The first kappa shape index (κ1) is 20.0. The largest absolute Gasteiger partial charge is 0.390 e. The lowest BCUT2D eigenvalue weighted by atomic mass is 10.0. The molecule has 0 bridgehead atoms. The van der Waals surface area contributed by atoms with Crippen molar-refractivity contribution in [2.45, 2.75) is 33.4 Å². The highest BCUT2D eigenvalue weighted by Crippen LogP contribution is 2.36. The van der Waals surface area contributed by atoms with Gasteiger partial charge in [-0.25, -0.2) is 0 Å². The Balaban J connectivity index is 2.10. The summed E-state index contributed by atoms with van der Waals surface area (Å²) in [4.78, 5) is 13.1. The molecule has 28 heavy (non-hydrogen) atoms. The molecule has 1 heterocycles. The highest BCUT2D eigenvalue weighted by atomic mass is 16.6. The first-order valence-electron chi connectivity index (χ1n) is 9.69. The second kappa shape index (κ2) is 8.54. The third-order valence-corrected chi connectivity index (χ3v) is 5.34. The van der Waals surface area contributed by atoms with Crippen molar-refractivity contribution in [3.8, 4) is 11.1 Å². The molecule has 3 rings (SSSR count). The Morgan fingerprint density at radius 1 is 1.14 bits per heavy atom. The highest BCUT2D eigenvalue weighted by Gasteiger charge is 2.20. The molecule has 0 aliphatic rings. The van der Waals surface area contributed by atoms with Crippen LogP contribution in [0.2, 0.25) is 0 Å². The molecule has 0 saturated heterocycles. The fraction of sp³-hybridized carbons (Fsp3) is 0.364. The standard InChI is InChI=1S/C22H27N3O3/c1-4-23(5-2)14-19(26)15-24-16(3)22(17-9-7-6-8-10-17)20-13-18(25(27)28)11-12-21(20)24/h6-13,19,26H,4-5,14-15H2,1-3H3/t19-/m0/s1. The van der Waals surface area contributed by atoms with E-state index in [1.54, 1.807) is 12.1 Å². The Morgan fingerprint density at radius 3 is 2.43 bits per heavy atom. The highest BCUT2D eigenvalue weighted by molar-refractivity contribution is 5.99. The summed E-state index contributed by atoms with van der Waals surface area (Å²) in [5.41, 5.74) is 3.98. The molecule has 0 amide bonds. The molecule has 0 radical (unpaired) electrons. The lowest BCUT2D eigenvalue weighted by Crippen LogP contribution is -2.34.